The number of hydrogen-bond donors (Lipinski definition) is 1. The Kier molecular flexibility index (Phi) is 4.10. The van der Waals surface area contributed by atoms with E-state index in [1.165, 1.54) is 0 Å². The van der Waals surface area contributed by atoms with Crippen LogP contribution in [0.1, 0.15) is 26.2 Å². The number of thiophene rings is 1. The van der Waals surface area contributed by atoms with Crippen molar-refractivity contribution in [3.8, 4) is 10.7 Å². The summed E-state index contributed by atoms with van der Waals surface area (Å²) in [6, 6.07) is 3.97. The van der Waals surface area contributed by atoms with E-state index in [0.717, 1.165) is 37.4 Å². The summed E-state index contributed by atoms with van der Waals surface area (Å²) in [7, 11) is 0. The van der Waals surface area contributed by atoms with Gasteiger partial charge in [0.2, 0.25) is 11.7 Å². The molecule has 0 atom stereocenters. The normalized spacial score (nSPS) is 18.1. The number of β-amino-alcohol motifs (C(OH)–C–C–N with tert-alkyl or cyclic N) is 1. The number of likely N-dealkylation sites (tertiary alicyclic amines) is 1. The van der Waals surface area contributed by atoms with Gasteiger partial charge >= 0.3 is 0 Å². The molecule has 1 aliphatic rings. The van der Waals surface area contributed by atoms with E-state index in [-0.39, 0.29) is 0 Å². The average Bonchev–Trinajstić information content (AvgIpc) is 3.06. The molecule has 6 heteroatoms. The predicted molar refractivity (Wildman–Crippen MR) is 82.2 cm³/mol. The molecule has 3 rings (SSSR count). The van der Waals surface area contributed by atoms with Crippen molar-refractivity contribution in [1.29, 1.82) is 0 Å². The maximum absolute atomic E-state index is 10.2. The van der Waals surface area contributed by atoms with Crippen molar-refractivity contribution < 1.29 is 9.63 Å². The summed E-state index contributed by atoms with van der Waals surface area (Å²) in [6.45, 7) is 6.65. The van der Waals surface area contributed by atoms with Gasteiger partial charge in [-0.25, -0.2) is 0 Å². The minimum atomic E-state index is -0.489. The molecule has 2 aromatic rings. The largest absolute Gasteiger partial charge is 0.387 e. The van der Waals surface area contributed by atoms with Crippen molar-refractivity contribution in [2.45, 2.75) is 32.3 Å². The Hall–Kier alpha value is -1.24. The van der Waals surface area contributed by atoms with Gasteiger partial charge in [-0.2, -0.15) is 4.98 Å². The topological polar surface area (TPSA) is 62.4 Å². The van der Waals surface area contributed by atoms with Crippen LogP contribution in [-0.2, 0) is 6.42 Å². The van der Waals surface area contributed by atoms with Crippen LogP contribution >= 0.6 is 11.3 Å². The predicted octanol–water partition coefficient (Wildman–Crippen LogP) is 2.43. The highest BCUT2D eigenvalue weighted by Gasteiger charge is 2.42. The number of aryl methyl sites for hydroxylation is 1. The molecule has 0 saturated carbocycles. The molecule has 0 aromatic carbocycles. The smallest absolute Gasteiger partial charge is 0.227 e. The Morgan fingerprint density at radius 1 is 1.48 bits per heavy atom. The van der Waals surface area contributed by atoms with Crippen LogP contribution in [0.5, 0.6) is 0 Å². The van der Waals surface area contributed by atoms with E-state index in [1.54, 1.807) is 11.3 Å². The van der Waals surface area contributed by atoms with Gasteiger partial charge < -0.3 is 9.63 Å². The molecule has 2 aromatic heterocycles. The molecular weight excluding hydrogens is 286 g/mol. The summed E-state index contributed by atoms with van der Waals surface area (Å²) in [4.78, 5) is 7.73. The highest BCUT2D eigenvalue weighted by atomic mass is 32.1. The first kappa shape index (κ1) is 14.7. The molecule has 114 valence electrons. The Labute approximate surface area is 128 Å². The second kappa shape index (κ2) is 5.87. The molecule has 1 aliphatic heterocycles. The number of hydrogen-bond acceptors (Lipinski definition) is 6. The van der Waals surface area contributed by atoms with E-state index < -0.39 is 5.60 Å². The minimum Gasteiger partial charge on any atom is -0.387 e. The lowest BCUT2D eigenvalue weighted by Crippen LogP contribution is -2.64. The van der Waals surface area contributed by atoms with Crippen LogP contribution in [0.15, 0.2) is 22.0 Å². The molecule has 0 amide bonds. The molecule has 3 heterocycles. The molecule has 1 fully saturated rings. The van der Waals surface area contributed by atoms with Crippen molar-refractivity contribution >= 4 is 11.3 Å². The van der Waals surface area contributed by atoms with Gasteiger partial charge in [0.15, 0.2) is 0 Å². The van der Waals surface area contributed by atoms with Gasteiger partial charge in [0.05, 0.1) is 10.5 Å². The summed E-state index contributed by atoms with van der Waals surface area (Å²) in [6.07, 6.45) is 1.76. The van der Waals surface area contributed by atoms with E-state index in [0.29, 0.717) is 17.6 Å². The molecule has 0 aliphatic carbocycles. The van der Waals surface area contributed by atoms with Crippen molar-refractivity contribution in [3.63, 3.8) is 0 Å². The zero-order chi connectivity index (χ0) is 14.9. The summed E-state index contributed by atoms with van der Waals surface area (Å²) in [5.41, 5.74) is -0.489. The fraction of sp³-hybridized carbons (Fsp3) is 0.600. The van der Waals surface area contributed by atoms with Crippen LogP contribution in [0, 0.1) is 5.92 Å². The number of rotatable bonds is 6. The van der Waals surface area contributed by atoms with Crippen LogP contribution in [0.2, 0.25) is 0 Å². The van der Waals surface area contributed by atoms with Crippen LogP contribution in [0.3, 0.4) is 0 Å². The van der Waals surface area contributed by atoms with Crippen LogP contribution in [0.25, 0.3) is 10.7 Å². The fourth-order valence-electron chi connectivity index (χ4n) is 2.57. The first-order chi connectivity index (χ1) is 10.1. The first-order valence-corrected chi connectivity index (χ1v) is 8.26. The first-order valence-electron chi connectivity index (χ1n) is 7.38. The van der Waals surface area contributed by atoms with E-state index in [1.807, 2.05) is 17.5 Å². The molecule has 0 spiro atoms. The van der Waals surface area contributed by atoms with Gasteiger partial charge in [-0.05, 0) is 30.3 Å². The highest BCUT2D eigenvalue weighted by molar-refractivity contribution is 7.13. The second-order valence-corrected chi connectivity index (χ2v) is 7.01. The third-order valence-corrected chi connectivity index (χ3v) is 5.01. The molecule has 0 unspecified atom stereocenters. The molecule has 1 saturated heterocycles. The van der Waals surface area contributed by atoms with Gasteiger partial charge in [-0.1, -0.05) is 25.1 Å². The van der Waals surface area contributed by atoms with Gasteiger partial charge in [-0.3, -0.25) is 4.90 Å². The Morgan fingerprint density at radius 3 is 2.95 bits per heavy atom. The summed E-state index contributed by atoms with van der Waals surface area (Å²) in [5, 5.41) is 16.2. The maximum atomic E-state index is 10.2. The molecule has 5 nitrogen and oxygen atoms in total. The fourth-order valence-corrected chi connectivity index (χ4v) is 3.22. The quantitative estimate of drug-likeness (QED) is 0.888. The van der Waals surface area contributed by atoms with Gasteiger partial charge in [0, 0.05) is 19.5 Å². The van der Waals surface area contributed by atoms with Crippen molar-refractivity contribution in [1.82, 2.24) is 15.0 Å². The van der Waals surface area contributed by atoms with Crippen molar-refractivity contribution in [3.05, 3.63) is 23.4 Å². The SMILES string of the molecule is CC(C)C1(O)CN(CCCc2nc(-c3cccs3)no2)C1. The molecule has 1 N–H and O–H groups in total. The Balaban J connectivity index is 1.43. The van der Waals surface area contributed by atoms with Crippen molar-refractivity contribution in [2.24, 2.45) is 5.92 Å². The maximum Gasteiger partial charge on any atom is 0.227 e. The van der Waals surface area contributed by atoms with Crippen LogP contribution < -0.4 is 0 Å². The lowest BCUT2D eigenvalue weighted by atomic mass is 9.83. The lowest BCUT2D eigenvalue weighted by molar-refractivity contribution is -0.127. The lowest BCUT2D eigenvalue weighted by Gasteiger charge is -2.49. The molecule has 0 bridgehead atoms. The number of aromatic nitrogens is 2. The van der Waals surface area contributed by atoms with E-state index in [2.05, 4.69) is 28.9 Å². The Bertz CT molecular complexity index is 574. The average molecular weight is 307 g/mol. The molecule has 21 heavy (non-hydrogen) atoms. The standard InChI is InChI=1S/C15H21N3O2S/c1-11(2)15(19)9-18(10-15)7-3-6-13-16-14(17-20-13)12-5-4-8-21-12/h4-5,8,11,19H,3,6-7,9-10H2,1-2H3. The third kappa shape index (κ3) is 3.17. The third-order valence-electron chi connectivity index (χ3n) is 4.14. The minimum absolute atomic E-state index is 0.318. The van der Waals surface area contributed by atoms with Gasteiger partial charge in [-0.15, -0.1) is 11.3 Å². The van der Waals surface area contributed by atoms with Crippen LogP contribution in [-0.4, -0.2) is 45.4 Å². The summed E-state index contributed by atoms with van der Waals surface area (Å²) in [5.74, 6) is 1.69. The monoisotopic (exact) mass is 307 g/mol. The number of aliphatic hydroxyl groups is 1. The van der Waals surface area contributed by atoms with Crippen LogP contribution in [0.4, 0.5) is 0 Å². The highest BCUT2D eigenvalue weighted by Crippen LogP contribution is 2.28. The molecule has 0 radical (unpaired) electrons. The van der Waals surface area contributed by atoms with E-state index in [4.69, 9.17) is 4.52 Å². The zero-order valence-electron chi connectivity index (χ0n) is 12.5. The second-order valence-electron chi connectivity index (χ2n) is 6.06. The van der Waals surface area contributed by atoms with Crippen molar-refractivity contribution in [2.75, 3.05) is 19.6 Å². The summed E-state index contributed by atoms with van der Waals surface area (Å²) < 4.78 is 5.28. The number of nitrogens with zero attached hydrogens (tertiary/aromatic N) is 3. The summed E-state index contributed by atoms with van der Waals surface area (Å²) >= 11 is 1.61. The van der Waals surface area contributed by atoms with E-state index in [9.17, 15) is 5.11 Å². The van der Waals surface area contributed by atoms with Gasteiger partial charge in [0.1, 0.15) is 0 Å². The Morgan fingerprint density at radius 2 is 2.29 bits per heavy atom. The van der Waals surface area contributed by atoms with E-state index >= 15 is 0 Å². The molecular formula is C15H21N3O2S. The van der Waals surface area contributed by atoms with Gasteiger partial charge in [0.25, 0.3) is 0 Å². The zero-order valence-corrected chi connectivity index (χ0v) is 13.3.